The fourth-order valence-electron chi connectivity index (χ4n) is 2.87. The molecular weight excluding hydrogens is 350 g/mol. The van der Waals surface area contributed by atoms with Crippen LogP contribution in [0.1, 0.15) is 12.0 Å². The van der Waals surface area contributed by atoms with Crippen LogP contribution in [0, 0.1) is 0 Å². The minimum absolute atomic E-state index is 0.0740. The molecule has 2 heterocycles. The average molecular weight is 371 g/mol. The Morgan fingerprint density at radius 2 is 2.07 bits per heavy atom. The first-order chi connectivity index (χ1) is 12.9. The highest BCUT2D eigenvalue weighted by Crippen LogP contribution is 2.17. The van der Waals surface area contributed by atoms with E-state index in [-0.39, 0.29) is 24.8 Å². The summed E-state index contributed by atoms with van der Waals surface area (Å²) in [6.07, 6.45) is 3.39. The highest BCUT2D eigenvalue weighted by Gasteiger charge is 2.41. The number of rotatable bonds is 6. The van der Waals surface area contributed by atoms with E-state index in [2.05, 4.69) is 10.4 Å². The number of carbonyl (C=O) groups is 3. The van der Waals surface area contributed by atoms with Crippen LogP contribution in [0.5, 0.6) is 5.75 Å². The number of benzene rings is 1. The molecule has 1 aromatic carbocycles. The number of amides is 4. The topological polar surface area (TPSA) is 96.8 Å². The molecule has 0 spiro atoms. The first kappa shape index (κ1) is 18.4. The molecule has 1 fully saturated rings. The zero-order valence-electron chi connectivity index (χ0n) is 15.4. The molecule has 3 rings (SSSR count). The van der Waals surface area contributed by atoms with Crippen LogP contribution in [-0.2, 0) is 16.1 Å². The number of methoxy groups -OCH3 is 1. The molecule has 4 amide bonds. The van der Waals surface area contributed by atoms with Gasteiger partial charge in [-0.1, -0.05) is 6.07 Å². The molecule has 9 heteroatoms. The molecule has 1 N–H and O–H groups in total. The van der Waals surface area contributed by atoms with Crippen LogP contribution in [0.2, 0.25) is 0 Å². The van der Waals surface area contributed by atoms with E-state index in [0.717, 1.165) is 21.9 Å². The van der Waals surface area contributed by atoms with Gasteiger partial charge in [-0.25, -0.2) is 9.48 Å². The zero-order valence-corrected chi connectivity index (χ0v) is 15.4. The standard InChI is InChI=1S/C18H21N5O4/c1-21-15(17(25)22(2)18(21)26)8-16(24)19-9-12-10-20-23(11-12)13-5-4-6-14(7-13)27-3/h4-7,10-11,15H,8-9H2,1-3H3,(H,19,24)/t15-/m0/s1. The van der Waals surface area contributed by atoms with E-state index in [1.165, 1.54) is 19.0 Å². The van der Waals surface area contributed by atoms with Gasteiger partial charge in [0.1, 0.15) is 11.8 Å². The number of urea groups is 1. The molecule has 0 aliphatic carbocycles. The molecule has 9 nitrogen and oxygen atoms in total. The summed E-state index contributed by atoms with van der Waals surface area (Å²) in [5, 5.41) is 7.04. The average Bonchev–Trinajstić information content (AvgIpc) is 3.23. The Morgan fingerprint density at radius 1 is 1.30 bits per heavy atom. The van der Waals surface area contributed by atoms with Gasteiger partial charge in [0.05, 0.1) is 25.4 Å². The Morgan fingerprint density at radius 3 is 2.74 bits per heavy atom. The van der Waals surface area contributed by atoms with Crippen molar-refractivity contribution in [2.45, 2.75) is 19.0 Å². The summed E-state index contributed by atoms with van der Waals surface area (Å²) < 4.78 is 6.89. The van der Waals surface area contributed by atoms with Crippen molar-refractivity contribution in [3.05, 3.63) is 42.2 Å². The molecule has 142 valence electrons. The minimum atomic E-state index is -0.762. The third kappa shape index (κ3) is 3.76. The smallest absolute Gasteiger partial charge is 0.326 e. The van der Waals surface area contributed by atoms with Crippen LogP contribution >= 0.6 is 0 Å². The van der Waals surface area contributed by atoms with Crippen molar-refractivity contribution in [2.75, 3.05) is 21.2 Å². The van der Waals surface area contributed by atoms with Gasteiger partial charge in [0.15, 0.2) is 0 Å². The van der Waals surface area contributed by atoms with Gasteiger partial charge in [-0.05, 0) is 12.1 Å². The molecule has 27 heavy (non-hydrogen) atoms. The maximum absolute atomic E-state index is 12.2. The van der Waals surface area contributed by atoms with Gasteiger partial charge in [-0.15, -0.1) is 0 Å². The maximum atomic E-state index is 12.2. The first-order valence-electron chi connectivity index (χ1n) is 8.39. The summed E-state index contributed by atoms with van der Waals surface area (Å²) in [6, 6.07) is 6.29. The summed E-state index contributed by atoms with van der Waals surface area (Å²) >= 11 is 0. The number of ether oxygens (including phenoxy) is 1. The van der Waals surface area contributed by atoms with Gasteiger partial charge < -0.3 is 15.0 Å². The van der Waals surface area contributed by atoms with Crippen molar-refractivity contribution in [2.24, 2.45) is 0 Å². The summed E-state index contributed by atoms with van der Waals surface area (Å²) in [5.74, 6) is 0.0450. The first-order valence-corrected chi connectivity index (χ1v) is 8.39. The van der Waals surface area contributed by atoms with Gasteiger partial charge >= 0.3 is 6.03 Å². The number of hydrogen-bond acceptors (Lipinski definition) is 5. The fraction of sp³-hybridized carbons (Fsp3) is 0.333. The lowest BCUT2D eigenvalue weighted by Crippen LogP contribution is -2.37. The molecule has 1 aromatic heterocycles. The minimum Gasteiger partial charge on any atom is -0.497 e. The van der Waals surface area contributed by atoms with Crippen LogP contribution in [0.15, 0.2) is 36.7 Å². The van der Waals surface area contributed by atoms with E-state index < -0.39 is 12.1 Å². The third-order valence-electron chi connectivity index (χ3n) is 4.49. The monoisotopic (exact) mass is 371 g/mol. The molecular formula is C18H21N5O4. The summed E-state index contributed by atoms with van der Waals surface area (Å²) in [5.41, 5.74) is 1.65. The molecule has 2 aromatic rings. The van der Waals surface area contributed by atoms with Crippen LogP contribution in [0.4, 0.5) is 4.79 Å². The van der Waals surface area contributed by atoms with E-state index >= 15 is 0 Å². The molecule has 1 saturated heterocycles. The number of aromatic nitrogens is 2. The van der Waals surface area contributed by atoms with Gasteiger partial charge in [-0.3, -0.25) is 14.5 Å². The lowest BCUT2D eigenvalue weighted by molar-refractivity contribution is -0.131. The second-order valence-electron chi connectivity index (χ2n) is 6.28. The normalized spacial score (nSPS) is 16.8. The van der Waals surface area contributed by atoms with Crippen LogP contribution in [0.25, 0.3) is 5.69 Å². The lowest BCUT2D eigenvalue weighted by atomic mass is 10.2. The zero-order chi connectivity index (χ0) is 19.6. The second kappa shape index (κ2) is 7.48. The van der Waals surface area contributed by atoms with E-state index in [0.29, 0.717) is 0 Å². The van der Waals surface area contributed by atoms with Crippen LogP contribution in [-0.4, -0.2) is 64.7 Å². The van der Waals surface area contributed by atoms with Gasteiger partial charge in [0.2, 0.25) is 5.91 Å². The predicted octanol–water partition coefficient (Wildman–Crippen LogP) is 0.780. The fourth-order valence-corrected chi connectivity index (χ4v) is 2.87. The van der Waals surface area contributed by atoms with E-state index in [9.17, 15) is 14.4 Å². The van der Waals surface area contributed by atoms with E-state index in [1.54, 1.807) is 24.2 Å². The van der Waals surface area contributed by atoms with Gasteiger partial charge in [0, 0.05) is 38.5 Å². The van der Waals surface area contributed by atoms with Crippen molar-refractivity contribution in [1.29, 1.82) is 0 Å². The number of imide groups is 1. The molecule has 0 saturated carbocycles. The van der Waals surface area contributed by atoms with Crippen molar-refractivity contribution >= 4 is 17.8 Å². The number of hydrogen-bond donors (Lipinski definition) is 1. The Balaban J connectivity index is 1.58. The molecule has 1 atom stereocenters. The number of carbonyl (C=O) groups excluding carboxylic acids is 3. The van der Waals surface area contributed by atoms with Crippen LogP contribution < -0.4 is 10.1 Å². The summed E-state index contributed by atoms with van der Waals surface area (Å²) in [7, 11) is 4.52. The molecule has 0 radical (unpaired) electrons. The Kier molecular flexibility index (Phi) is 5.11. The van der Waals surface area contributed by atoms with E-state index in [4.69, 9.17) is 4.74 Å². The number of likely N-dealkylation sites (N-methyl/N-ethyl adjacent to an activating group) is 2. The second-order valence-corrected chi connectivity index (χ2v) is 6.28. The van der Waals surface area contributed by atoms with Crippen molar-refractivity contribution in [3.63, 3.8) is 0 Å². The molecule has 1 aliphatic heterocycles. The molecule has 1 aliphatic rings. The highest BCUT2D eigenvalue weighted by molar-refractivity contribution is 6.05. The van der Waals surface area contributed by atoms with Gasteiger partial charge in [-0.2, -0.15) is 5.10 Å². The number of nitrogens with zero attached hydrogens (tertiary/aromatic N) is 4. The summed E-state index contributed by atoms with van der Waals surface area (Å²) in [6.45, 7) is 0.275. The highest BCUT2D eigenvalue weighted by atomic mass is 16.5. The largest absolute Gasteiger partial charge is 0.497 e. The Labute approximate surface area is 156 Å². The predicted molar refractivity (Wildman–Crippen MR) is 96.3 cm³/mol. The SMILES string of the molecule is COc1cccc(-n2cc(CNC(=O)C[C@H]3C(=O)N(C)C(=O)N3C)cn2)c1. The van der Waals surface area contributed by atoms with E-state index in [1.807, 2.05) is 24.3 Å². The number of nitrogens with one attached hydrogen (secondary N) is 1. The maximum Gasteiger partial charge on any atom is 0.326 e. The van der Waals surface area contributed by atoms with Crippen LogP contribution in [0.3, 0.4) is 0 Å². The van der Waals surface area contributed by atoms with Crippen molar-refractivity contribution in [1.82, 2.24) is 24.9 Å². The Bertz CT molecular complexity index is 878. The molecule has 0 unspecified atom stereocenters. The summed E-state index contributed by atoms with van der Waals surface area (Å²) in [4.78, 5) is 38.2. The van der Waals surface area contributed by atoms with Crippen molar-refractivity contribution in [3.8, 4) is 11.4 Å². The molecule has 0 bridgehead atoms. The quantitative estimate of drug-likeness (QED) is 0.757. The lowest BCUT2D eigenvalue weighted by Gasteiger charge is -2.15. The third-order valence-corrected chi connectivity index (χ3v) is 4.49. The van der Waals surface area contributed by atoms with Crippen molar-refractivity contribution < 1.29 is 19.1 Å². The Hall–Kier alpha value is -3.36. The van der Waals surface area contributed by atoms with Gasteiger partial charge in [0.25, 0.3) is 5.91 Å².